The molecule has 0 spiro atoms. The second-order valence-corrected chi connectivity index (χ2v) is 10.2. The Labute approximate surface area is 194 Å². The average Bonchev–Trinajstić information content (AvgIpc) is 3.22. The molecule has 32 heavy (non-hydrogen) atoms. The van der Waals surface area contributed by atoms with Crippen LogP contribution >= 0.6 is 23.1 Å². The Balaban J connectivity index is 1.37. The molecule has 1 amide bonds. The summed E-state index contributed by atoms with van der Waals surface area (Å²) in [5, 5.41) is 13.6. The van der Waals surface area contributed by atoms with Crippen molar-refractivity contribution >= 4 is 39.2 Å². The van der Waals surface area contributed by atoms with Gasteiger partial charge in [0.05, 0.1) is 12.1 Å². The summed E-state index contributed by atoms with van der Waals surface area (Å²) >= 11 is 3.18. The first-order valence-corrected chi connectivity index (χ1v) is 12.4. The number of nitrogens with zero attached hydrogens (tertiary/aromatic N) is 5. The highest BCUT2D eigenvalue weighted by Crippen LogP contribution is 2.38. The highest BCUT2D eigenvalue weighted by atomic mass is 32.2. The van der Waals surface area contributed by atoms with Crippen molar-refractivity contribution in [2.75, 3.05) is 0 Å². The van der Waals surface area contributed by atoms with Gasteiger partial charge in [0.2, 0.25) is 0 Å². The van der Waals surface area contributed by atoms with E-state index in [2.05, 4.69) is 43.9 Å². The summed E-state index contributed by atoms with van der Waals surface area (Å²) in [6.45, 7) is 5.49. The molecule has 1 N–H and O–H groups in total. The van der Waals surface area contributed by atoms with Crippen LogP contribution in [0.15, 0.2) is 40.5 Å². The Morgan fingerprint density at radius 2 is 2.03 bits per heavy atom. The molecule has 4 heterocycles. The Kier molecular flexibility index (Phi) is 5.93. The van der Waals surface area contributed by atoms with E-state index in [9.17, 15) is 4.79 Å². The SMILES string of the molecule is Cc1sc2ncnc(Sc3ccccc3C(=O)NCc3nnc4n3CCCCC4)c2c1C. The largest absolute Gasteiger partial charge is 0.345 e. The van der Waals surface area contributed by atoms with E-state index in [1.54, 1.807) is 17.7 Å². The molecule has 9 heteroatoms. The summed E-state index contributed by atoms with van der Waals surface area (Å²) in [6.07, 6.45) is 6.03. The fourth-order valence-electron chi connectivity index (χ4n) is 4.01. The van der Waals surface area contributed by atoms with E-state index in [1.165, 1.54) is 28.6 Å². The monoisotopic (exact) mass is 464 g/mol. The molecule has 1 aliphatic heterocycles. The Hall–Kier alpha value is -2.78. The number of carbonyl (C=O) groups excluding carboxylic acids is 1. The number of fused-ring (bicyclic) bond motifs is 2. The van der Waals surface area contributed by atoms with E-state index >= 15 is 0 Å². The fraction of sp³-hybridized carbons (Fsp3) is 0.348. The molecular weight excluding hydrogens is 440 g/mol. The first-order valence-electron chi connectivity index (χ1n) is 10.8. The molecular formula is C23H24N6OS2. The number of amides is 1. The number of thiophene rings is 1. The highest BCUT2D eigenvalue weighted by Gasteiger charge is 2.19. The van der Waals surface area contributed by atoms with Gasteiger partial charge in [-0.25, -0.2) is 9.97 Å². The zero-order chi connectivity index (χ0) is 22.1. The summed E-state index contributed by atoms with van der Waals surface area (Å²) in [4.78, 5) is 25.1. The van der Waals surface area contributed by atoms with Gasteiger partial charge in [-0.1, -0.05) is 30.3 Å². The summed E-state index contributed by atoms with van der Waals surface area (Å²) < 4.78 is 2.16. The minimum atomic E-state index is -0.123. The molecule has 0 saturated heterocycles. The lowest BCUT2D eigenvalue weighted by Gasteiger charge is -2.11. The molecule has 164 valence electrons. The van der Waals surface area contributed by atoms with Gasteiger partial charge in [0, 0.05) is 28.1 Å². The maximum absolute atomic E-state index is 13.1. The molecule has 7 nitrogen and oxygen atoms in total. The first kappa shape index (κ1) is 21.1. The summed E-state index contributed by atoms with van der Waals surface area (Å²) in [7, 11) is 0. The second-order valence-electron chi connectivity index (χ2n) is 7.92. The molecule has 0 fully saturated rings. The van der Waals surface area contributed by atoms with Crippen LogP contribution in [0.25, 0.3) is 10.2 Å². The molecule has 0 unspecified atom stereocenters. The zero-order valence-electron chi connectivity index (χ0n) is 18.1. The van der Waals surface area contributed by atoms with Crippen LogP contribution in [0, 0.1) is 13.8 Å². The van der Waals surface area contributed by atoms with Gasteiger partial charge >= 0.3 is 0 Å². The van der Waals surface area contributed by atoms with Crippen molar-refractivity contribution < 1.29 is 4.79 Å². The minimum absolute atomic E-state index is 0.123. The normalized spacial score (nSPS) is 13.7. The highest BCUT2D eigenvalue weighted by molar-refractivity contribution is 7.99. The molecule has 5 rings (SSSR count). The summed E-state index contributed by atoms with van der Waals surface area (Å²) in [5.74, 6) is 1.72. The maximum atomic E-state index is 13.1. The lowest BCUT2D eigenvalue weighted by Crippen LogP contribution is -2.25. The smallest absolute Gasteiger partial charge is 0.252 e. The predicted molar refractivity (Wildman–Crippen MR) is 126 cm³/mol. The lowest BCUT2D eigenvalue weighted by molar-refractivity contribution is 0.0946. The zero-order valence-corrected chi connectivity index (χ0v) is 19.7. The van der Waals surface area contributed by atoms with E-state index in [0.29, 0.717) is 12.1 Å². The lowest BCUT2D eigenvalue weighted by atomic mass is 10.2. The van der Waals surface area contributed by atoms with Crippen molar-refractivity contribution in [3.8, 4) is 0 Å². The standard InChI is InChI=1S/C23H24N6OS2/c1-14-15(2)31-22-20(14)23(26-13-25-22)32-17-9-6-5-8-16(17)21(30)24-12-19-28-27-18-10-4-3-7-11-29(18)19/h5-6,8-9,13H,3-4,7,10-12H2,1-2H3,(H,24,30). The minimum Gasteiger partial charge on any atom is -0.345 e. The fourth-order valence-corrected chi connectivity index (χ4v) is 6.14. The van der Waals surface area contributed by atoms with Gasteiger partial charge < -0.3 is 9.88 Å². The van der Waals surface area contributed by atoms with Gasteiger partial charge in [-0.05, 0) is 44.4 Å². The molecule has 0 radical (unpaired) electrons. The van der Waals surface area contributed by atoms with Crippen LogP contribution in [-0.2, 0) is 19.5 Å². The first-order chi connectivity index (χ1) is 15.6. The number of aryl methyl sites for hydroxylation is 3. The number of aromatic nitrogens is 5. The number of rotatable bonds is 5. The van der Waals surface area contributed by atoms with Crippen LogP contribution in [0.1, 0.15) is 51.7 Å². The number of nitrogens with one attached hydrogen (secondary N) is 1. The third-order valence-corrected chi connectivity index (χ3v) is 8.06. The maximum Gasteiger partial charge on any atom is 0.252 e. The summed E-state index contributed by atoms with van der Waals surface area (Å²) in [5.41, 5.74) is 1.83. The van der Waals surface area contributed by atoms with Crippen LogP contribution in [-0.4, -0.2) is 30.6 Å². The van der Waals surface area contributed by atoms with E-state index in [1.807, 2.05) is 24.3 Å². The molecule has 0 saturated carbocycles. The summed E-state index contributed by atoms with van der Waals surface area (Å²) in [6, 6.07) is 7.65. The van der Waals surface area contributed by atoms with Gasteiger partial charge in [0.1, 0.15) is 22.0 Å². The van der Waals surface area contributed by atoms with Crippen molar-refractivity contribution in [3.63, 3.8) is 0 Å². The predicted octanol–water partition coefficient (Wildman–Crippen LogP) is 4.71. The second kappa shape index (κ2) is 8.99. The third kappa shape index (κ3) is 4.02. The average molecular weight is 465 g/mol. The molecule has 0 atom stereocenters. The van der Waals surface area contributed by atoms with E-state index < -0.39 is 0 Å². The van der Waals surface area contributed by atoms with Gasteiger partial charge in [-0.2, -0.15) is 0 Å². The van der Waals surface area contributed by atoms with Crippen LogP contribution in [0.5, 0.6) is 0 Å². The molecule has 0 bridgehead atoms. The van der Waals surface area contributed by atoms with Crippen molar-refractivity contribution in [1.82, 2.24) is 30.0 Å². The van der Waals surface area contributed by atoms with Crippen LogP contribution < -0.4 is 5.32 Å². The number of hydrogen-bond donors (Lipinski definition) is 1. The van der Waals surface area contributed by atoms with Crippen LogP contribution in [0.2, 0.25) is 0 Å². The van der Waals surface area contributed by atoms with E-state index in [0.717, 1.165) is 57.6 Å². The van der Waals surface area contributed by atoms with Gasteiger partial charge in [0.25, 0.3) is 5.91 Å². The number of carbonyl (C=O) groups is 1. The van der Waals surface area contributed by atoms with Crippen molar-refractivity contribution in [2.45, 2.75) is 62.5 Å². The van der Waals surface area contributed by atoms with Crippen molar-refractivity contribution in [2.24, 2.45) is 0 Å². The molecule has 4 aromatic rings. The van der Waals surface area contributed by atoms with Gasteiger partial charge in [-0.3, -0.25) is 4.79 Å². The van der Waals surface area contributed by atoms with Gasteiger partial charge in [-0.15, -0.1) is 21.5 Å². The van der Waals surface area contributed by atoms with Crippen molar-refractivity contribution in [3.05, 3.63) is 58.2 Å². The Morgan fingerprint density at radius 1 is 1.16 bits per heavy atom. The molecule has 0 aliphatic carbocycles. The molecule has 1 aromatic carbocycles. The number of benzene rings is 1. The molecule has 3 aromatic heterocycles. The Bertz CT molecular complexity index is 1300. The van der Waals surface area contributed by atoms with Crippen molar-refractivity contribution in [1.29, 1.82) is 0 Å². The van der Waals surface area contributed by atoms with E-state index in [4.69, 9.17) is 0 Å². The van der Waals surface area contributed by atoms with E-state index in [-0.39, 0.29) is 5.91 Å². The Morgan fingerprint density at radius 3 is 2.94 bits per heavy atom. The number of hydrogen-bond acceptors (Lipinski definition) is 7. The molecule has 1 aliphatic rings. The quantitative estimate of drug-likeness (QED) is 0.431. The van der Waals surface area contributed by atoms with Gasteiger partial charge in [0.15, 0.2) is 5.82 Å². The van der Waals surface area contributed by atoms with Crippen LogP contribution in [0.4, 0.5) is 0 Å². The third-order valence-electron chi connectivity index (χ3n) is 5.86. The topological polar surface area (TPSA) is 85.6 Å². The van der Waals surface area contributed by atoms with Crippen LogP contribution in [0.3, 0.4) is 0 Å².